The average Bonchev–Trinajstić information content (AvgIpc) is 3.02. The molecule has 0 fully saturated rings. The number of hydrogen-bond donors (Lipinski definition) is 1. The van der Waals surface area contributed by atoms with Crippen LogP contribution in [-0.2, 0) is 22.4 Å². The van der Waals surface area contributed by atoms with E-state index < -0.39 is 6.04 Å². The van der Waals surface area contributed by atoms with Crippen LogP contribution in [0, 0.1) is 0 Å². The van der Waals surface area contributed by atoms with Crippen LogP contribution >= 0.6 is 11.8 Å². The molecule has 2 N–H and O–H groups in total. The molecular weight excluding hydrogens is 512 g/mol. The molecule has 1 aliphatic carbocycles. The molecule has 4 aromatic rings. The van der Waals surface area contributed by atoms with Crippen LogP contribution in [0.2, 0.25) is 0 Å². The zero-order chi connectivity index (χ0) is 29.5. The maximum absolute atomic E-state index is 12.1. The average molecular weight is 559 g/mol. The highest BCUT2D eigenvalue weighted by atomic mass is 32.2. The predicted molar refractivity (Wildman–Crippen MR) is 173 cm³/mol. The Hall–Kier alpha value is -3.15. The van der Waals surface area contributed by atoms with E-state index in [1.165, 1.54) is 27.8 Å². The number of hydrogen-bond acceptors (Lipinski definition) is 5. The van der Waals surface area contributed by atoms with Crippen molar-refractivity contribution in [3.8, 4) is 0 Å². The third-order valence-electron chi connectivity index (χ3n) is 6.28. The highest BCUT2D eigenvalue weighted by molar-refractivity contribution is 7.99. The SMILES string of the molecule is CC.CC.CC.CCOC(=O)[C@@H](N)CS[C@H]1c2ccccc2Cc2ccc(Cc3ccc4ccccc4n3)cc21. The highest BCUT2D eigenvalue weighted by Gasteiger charge is 2.27. The minimum Gasteiger partial charge on any atom is -0.465 e. The summed E-state index contributed by atoms with van der Waals surface area (Å²) in [6, 6.07) is 27.2. The van der Waals surface area contributed by atoms with Crippen molar-refractivity contribution in [3.63, 3.8) is 0 Å². The van der Waals surface area contributed by atoms with Gasteiger partial charge < -0.3 is 10.5 Å². The molecule has 0 radical (unpaired) electrons. The molecule has 3 aromatic carbocycles. The lowest BCUT2D eigenvalue weighted by molar-refractivity contribution is -0.144. The number of para-hydroxylation sites is 1. The van der Waals surface area contributed by atoms with Crippen LogP contribution < -0.4 is 5.73 Å². The molecule has 5 heteroatoms. The van der Waals surface area contributed by atoms with Crippen molar-refractivity contribution >= 4 is 28.6 Å². The van der Waals surface area contributed by atoms with Gasteiger partial charge in [-0.25, -0.2) is 0 Å². The Bertz CT molecular complexity index is 1340. The molecule has 0 bridgehead atoms. The maximum Gasteiger partial charge on any atom is 0.323 e. The minimum atomic E-state index is -0.632. The zero-order valence-electron chi connectivity index (χ0n) is 25.2. The Kier molecular flexibility index (Phi) is 14.5. The van der Waals surface area contributed by atoms with E-state index in [2.05, 4.69) is 66.7 Å². The van der Waals surface area contributed by atoms with Gasteiger partial charge in [0.25, 0.3) is 0 Å². The van der Waals surface area contributed by atoms with E-state index in [1.54, 1.807) is 18.7 Å². The van der Waals surface area contributed by atoms with E-state index in [-0.39, 0.29) is 11.2 Å². The normalized spacial score (nSPS) is 13.6. The van der Waals surface area contributed by atoms with Crippen LogP contribution in [0.4, 0.5) is 0 Å². The van der Waals surface area contributed by atoms with Gasteiger partial charge in [0.05, 0.1) is 17.4 Å². The van der Waals surface area contributed by atoms with Gasteiger partial charge in [-0.1, -0.05) is 108 Å². The maximum atomic E-state index is 12.1. The van der Waals surface area contributed by atoms with Crippen molar-refractivity contribution in [2.24, 2.45) is 5.73 Å². The third-order valence-corrected chi connectivity index (χ3v) is 7.68. The number of carbonyl (C=O) groups is 1. The summed E-state index contributed by atoms with van der Waals surface area (Å²) in [6.45, 7) is 14.1. The van der Waals surface area contributed by atoms with Gasteiger partial charge in [-0.3, -0.25) is 9.78 Å². The summed E-state index contributed by atoms with van der Waals surface area (Å²) in [5.41, 5.74) is 14.7. The van der Waals surface area contributed by atoms with Crippen molar-refractivity contribution in [2.75, 3.05) is 12.4 Å². The minimum absolute atomic E-state index is 0.130. The molecule has 0 amide bonds. The van der Waals surface area contributed by atoms with E-state index in [0.717, 1.165) is 29.4 Å². The van der Waals surface area contributed by atoms with Crippen LogP contribution in [0.5, 0.6) is 0 Å². The van der Waals surface area contributed by atoms with E-state index in [1.807, 2.05) is 53.7 Å². The van der Waals surface area contributed by atoms with Gasteiger partial charge in [-0.15, -0.1) is 11.8 Å². The molecule has 1 aromatic heterocycles. The smallest absolute Gasteiger partial charge is 0.323 e. The van der Waals surface area contributed by atoms with Crippen LogP contribution in [0.15, 0.2) is 78.9 Å². The van der Waals surface area contributed by atoms with Gasteiger partial charge >= 0.3 is 5.97 Å². The molecule has 2 atom stereocenters. The van der Waals surface area contributed by atoms with Crippen molar-refractivity contribution < 1.29 is 9.53 Å². The molecule has 0 spiro atoms. The number of nitrogens with zero attached hydrogens (tertiary/aromatic N) is 1. The number of aromatic nitrogens is 1. The van der Waals surface area contributed by atoms with Crippen LogP contribution in [0.3, 0.4) is 0 Å². The van der Waals surface area contributed by atoms with E-state index in [9.17, 15) is 4.79 Å². The highest BCUT2D eigenvalue weighted by Crippen LogP contribution is 2.44. The summed E-state index contributed by atoms with van der Waals surface area (Å²) < 4.78 is 5.11. The van der Waals surface area contributed by atoms with E-state index in [0.29, 0.717) is 12.4 Å². The second-order valence-electron chi connectivity index (χ2n) is 8.65. The Morgan fingerprint density at radius 2 is 1.57 bits per heavy atom. The molecule has 0 aliphatic heterocycles. The lowest BCUT2D eigenvalue weighted by atomic mass is 9.84. The predicted octanol–water partition coefficient (Wildman–Crippen LogP) is 8.52. The first-order chi connectivity index (χ1) is 19.6. The van der Waals surface area contributed by atoms with Crippen molar-refractivity contribution in [3.05, 3.63) is 112 Å². The van der Waals surface area contributed by atoms with Crippen molar-refractivity contribution in [2.45, 2.75) is 72.6 Å². The summed E-state index contributed by atoms with van der Waals surface area (Å²) in [6.07, 6.45) is 1.69. The van der Waals surface area contributed by atoms with Gasteiger partial charge in [0, 0.05) is 23.3 Å². The Labute approximate surface area is 245 Å². The van der Waals surface area contributed by atoms with Gasteiger partial charge in [0.15, 0.2) is 0 Å². The summed E-state index contributed by atoms with van der Waals surface area (Å²) in [4.78, 5) is 17.0. The van der Waals surface area contributed by atoms with Gasteiger partial charge in [-0.2, -0.15) is 0 Å². The number of ether oxygens (including phenoxy) is 1. The number of pyridine rings is 1. The number of fused-ring (bicyclic) bond motifs is 3. The summed E-state index contributed by atoms with van der Waals surface area (Å²) in [5.74, 6) is 0.170. The van der Waals surface area contributed by atoms with Crippen LogP contribution in [0.25, 0.3) is 10.9 Å². The second kappa shape index (κ2) is 17.5. The summed E-state index contributed by atoms with van der Waals surface area (Å²) in [5, 5.41) is 1.28. The Morgan fingerprint density at radius 1 is 0.900 bits per heavy atom. The molecule has 1 heterocycles. The largest absolute Gasteiger partial charge is 0.465 e. The van der Waals surface area contributed by atoms with Gasteiger partial charge in [0.1, 0.15) is 6.04 Å². The first kappa shape index (κ1) is 33.1. The molecular formula is C35H46N2O2S. The third kappa shape index (κ3) is 8.42. The second-order valence-corrected chi connectivity index (χ2v) is 9.79. The molecule has 0 saturated heterocycles. The molecule has 0 unspecified atom stereocenters. The summed E-state index contributed by atoms with van der Waals surface area (Å²) >= 11 is 1.72. The number of carbonyl (C=O) groups excluding carboxylic acids is 1. The lowest BCUT2D eigenvalue weighted by Crippen LogP contribution is -2.35. The molecule has 0 saturated carbocycles. The fourth-order valence-corrected chi connectivity index (χ4v) is 5.94. The fourth-order valence-electron chi connectivity index (χ4n) is 4.60. The molecule has 5 rings (SSSR count). The van der Waals surface area contributed by atoms with Crippen LogP contribution in [0.1, 0.15) is 87.2 Å². The number of benzene rings is 3. The molecule has 40 heavy (non-hydrogen) atoms. The molecule has 4 nitrogen and oxygen atoms in total. The Balaban J connectivity index is 0.000000876. The first-order valence-electron chi connectivity index (χ1n) is 14.7. The zero-order valence-corrected chi connectivity index (χ0v) is 26.1. The van der Waals surface area contributed by atoms with Crippen molar-refractivity contribution in [1.29, 1.82) is 0 Å². The standard InChI is InChI=1S/C29H28N2O2S.3C2H6/c1-2-33-29(32)26(30)18-34-28-24-9-5-3-8-21(24)17-22-12-11-19(16-25(22)28)15-23-14-13-20-7-4-6-10-27(20)31-23;3*1-2/h3-14,16,26,28H,2,15,17-18,30H2,1H3;3*1-2H3/t26-,28-;;;/m0.../s1. The first-order valence-corrected chi connectivity index (χ1v) is 15.7. The van der Waals surface area contributed by atoms with E-state index >= 15 is 0 Å². The number of rotatable bonds is 7. The number of thioether (sulfide) groups is 1. The molecule has 214 valence electrons. The number of nitrogens with two attached hydrogens (primary N) is 1. The van der Waals surface area contributed by atoms with Gasteiger partial charge in [-0.05, 0) is 53.3 Å². The quantitative estimate of drug-likeness (QED) is 0.230. The number of esters is 1. The van der Waals surface area contributed by atoms with Crippen LogP contribution in [-0.4, -0.2) is 29.4 Å². The topological polar surface area (TPSA) is 65.2 Å². The monoisotopic (exact) mass is 558 g/mol. The lowest BCUT2D eigenvalue weighted by Gasteiger charge is -2.29. The van der Waals surface area contributed by atoms with E-state index in [4.69, 9.17) is 15.5 Å². The Morgan fingerprint density at radius 3 is 2.33 bits per heavy atom. The fraction of sp³-hybridized carbons (Fsp3) is 0.371. The van der Waals surface area contributed by atoms with Gasteiger partial charge in [0.2, 0.25) is 0 Å². The summed E-state index contributed by atoms with van der Waals surface area (Å²) in [7, 11) is 0. The molecule has 1 aliphatic rings. The van der Waals surface area contributed by atoms with Crippen molar-refractivity contribution in [1.82, 2.24) is 4.98 Å².